The SMILES string of the molecule is COc1cc(C)c(/C=C2\C(=O)NC(=O)N(c3ccccc3F)C2=O)cc1OC. The number of hydrogen-bond acceptors (Lipinski definition) is 5. The second kappa shape index (κ2) is 7.51. The molecule has 7 nitrogen and oxygen atoms in total. The van der Waals surface area contributed by atoms with Crippen LogP contribution in [0.5, 0.6) is 11.5 Å². The van der Waals surface area contributed by atoms with E-state index in [-0.39, 0.29) is 11.3 Å². The van der Waals surface area contributed by atoms with Crippen molar-refractivity contribution in [3.63, 3.8) is 0 Å². The van der Waals surface area contributed by atoms with Crippen LogP contribution >= 0.6 is 0 Å². The third-order valence-electron chi connectivity index (χ3n) is 4.27. The molecule has 1 N–H and O–H groups in total. The number of carbonyl (C=O) groups is 3. The molecule has 0 saturated carbocycles. The molecule has 144 valence electrons. The summed E-state index contributed by atoms with van der Waals surface area (Å²) in [5.41, 5.74) is 0.671. The Morgan fingerprint density at radius 2 is 1.68 bits per heavy atom. The first-order valence-electron chi connectivity index (χ1n) is 8.26. The van der Waals surface area contributed by atoms with Crippen molar-refractivity contribution in [2.24, 2.45) is 0 Å². The van der Waals surface area contributed by atoms with Gasteiger partial charge in [-0.15, -0.1) is 0 Å². The molecule has 2 aromatic carbocycles. The highest BCUT2D eigenvalue weighted by Crippen LogP contribution is 2.32. The van der Waals surface area contributed by atoms with Gasteiger partial charge in [0.05, 0.1) is 19.9 Å². The van der Waals surface area contributed by atoms with E-state index in [1.54, 1.807) is 19.1 Å². The first-order valence-corrected chi connectivity index (χ1v) is 8.26. The summed E-state index contributed by atoms with van der Waals surface area (Å²) in [5, 5.41) is 2.06. The second-order valence-corrected chi connectivity index (χ2v) is 5.97. The number of nitrogens with zero attached hydrogens (tertiary/aromatic N) is 1. The van der Waals surface area contributed by atoms with E-state index in [4.69, 9.17) is 9.47 Å². The van der Waals surface area contributed by atoms with Crippen molar-refractivity contribution >= 4 is 29.6 Å². The molecule has 1 fully saturated rings. The van der Waals surface area contributed by atoms with Gasteiger partial charge in [-0.1, -0.05) is 12.1 Å². The van der Waals surface area contributed by atoms with Gasteiger partial charge >= 0.3 is 6.03 Å². The van der Waals surface area contributed by atoms with E-state index in [1.165, 1.54) is 38.5 Å². The Kier molecular flexibility index (Phi) is 5.12. The number of ether oxygens (including phenoxy) is 2. The fraction of sp³-hybridized carbons (Fsp3) is 0.150. The number of carbonyl (C=O) groups excluding carboxylic acids is 3. The van der Waals surface area contributed by atoms with Crippen molar-refractivity contribution < 1.29 is 28.2 Å². The highest BCUT2D eigenvalue weighted by molar-refractivity contribution is 6.39. The van der Waals surface area contributed by atoms with Gasteiger partial charge in [0.15, 0.2) is 11.5 Å². The van der Waals surface area contributed by atoms with Crippen LogP contribution in [0, 0.1) is 12.7 Å². The van der Waals surface area contributed by atoms with Crippen molar-refractivity contribution in [2.75, 3.05) is 19.1 Å². The van der Waals surface area contributed by atoms with Gasteiger partial charge < -0.3 is 9.47 Å². The van der Waals surface area contributed by atoms with E-state index in [0.29, 0.717) is 27.5 Å². The minimum absolute atomic E-state index is 0.243. The summed E-state index contributed by atoms with van der Waals surface area (Å²) in [6.07, 6.45) is 1.33. The van der Waals surface area contributed by atoms with Crippen molar-refractivity contribution in [1.29, 1.82) is 0 Å². The molecule has 0 spiro atoms. The minimum atomic E-state index is -1.01. The van der Waals surface area contributed by atoms with Gasteiger partial charge in [0.2, 0.25) is 0 Å². The number of nitrogens with one attached hydrogen (secondary N) is 1. The fourth-order valence-electron chi connectivity index (χ4n) is 2.82. The first-order chi connectivity index (χ1) is 13.4. The van der Waals surface area contributed by atoms with Crippen LogP contribution in [0.25, 0.3) is 6.08 Å². The molecule has 1 aliphatic rings. The van der Waals surface area contributed by atoms with Crippen molar-refractivity contribution in [2.45, 2.75) is 6.92 Å². The summed E-state index contributed by atoms with van der Waals surface area (Å²) in [6.45, 7) is 1.76. The average molecular weight is 384 g/mol. The molecule has 0 aromatic heterocycles. The molecule has 0 unspecified atom stereocenters. The van der Waals surface area contributed by atoms with Crippen molar-refractivity contribution in [3.05, 3.63) is 58.9 Å². The fourth-order valence-corrected chi connectivity index (χ4v) is 2.82. The summed E-state index contributed by atoms with van der Waals surface area (Å²) in [7, 11) is 2.95. The van der Waals surface area contributed by atoms with E-state index in [0.717, 1.165) is 6.07 Å². The number of para-hydroxylation sites is 1. The largest absolute Gasteiger partial charge is 0.493 e. The molecule has 1 aliphatic heterocycles. The first kappa shape index (κ1) is 19.1. The summed E-state index contributed by atoms with van der Waals surface area (Å²) in [6, 6.07) is 7.59. The average Bonchev–Trinajstić information content (AvgIpc) is 2.67. The molecule has 0 atom stereocenters. The number of rotatable bonds is 4. The van der Waals surface area contributed by atoms with Gasteiger partial charge in [-0.3, -0.25) is 14.9 Å². The maximum absolute atomic E-state index is 14.1. The Labute approximate surface area is 160 Å². The lowest BCUT2D eigenvalue weighted by molar-refractivity contribution is -0.122. The number of halogens is 1. The Hall–Kier alpha value is -3.68. The third-order valence-corrected chi connectivity index (χ3v) is 4.27. The van der Waals surface area contributed by atoms with Gasteiger partial charge in [-0.25, -0.2) is 14.1 Å². The van der Waals surface area contributed by atoms with Gasteiger partial charge in [0.1, 0.15) is 11.4 Å². The summed E-state index contributed by atoms with van der Waals surface area (Å²) in [4.78, 5) is 37.9. The van der Waals surface area contributed by atoms with Crippen LogP contribution in [0.2, 0.25) is 0 Å². The van der Waals surface area contributed by atoms with Crippen LogP contribution in [0.15, 0.2) is 42.0 Å². The maximum Gasteiger partial charge on any atom is 0.336 e. The summed E-state index contributed by atoms with van der Waals surface area (Å²) < 4.78 is 24.6. The molecule has 1 heterocycles. The number of methoxy groups -OCH3 is 2. The molecule has 4 amide bonds. The monoisotopic (exact) mass is 384 g/mol. The number of benzene rings is 2. The lowest BCUT2D eigenvalue weighted by Crippen LogP contribution is -2.54. The summed E-state index contributed by atoms with van der Waals surface area (Å²) >= 11 is 0. The zero-order valence-electron chi connectivity index (χ0n) is 15.4. The molecule has 0 aliphatic carbocycles. The predicted octanol–water partition coefficient (Wildman–Crippen LogP) is 2.82. The predicted molar refractivity (Wildman–Crippen MR) is 99.7 cm³/mol. The normalized spacial score (nSPS) is 15.6. The number of imide groups is 2. The molecule has 8 heteroatoms. The quantitative estimate of drug-likeness (QED) is 0.647. The smallest absolute Gasteiger partial charge is 0.336 e. The molecular formula is C20H17FN2O5. The zero-order chi connectivity index (χ0) is 20.4. The number of aryl methyl sites for hydroxylation is 1. The van der Waals surface area contributed by atoms with Crippen LogP contribution < -0.4 is 19.7 Å². The number of urea groups is 1. The Bertz CT molecular complexity index is 1020. The molecular weight excluding hydrogens is 367 g/mol. The van der Waals surface area contributed by atoms with Crippen LogP contribution in [0.4, 0.5) is 14.9 Å². The molecule has 2 aromatic rings. The standard InChI is InChI=1S/C20H17FN2O5/c1-11-8-16(27-2)17(28-3)10-12(11)9-13-18(24)22-20(26)23(19(13)25)15-7-5-4-6-14(15)21/h4-10H,1-3H3,(H,22,24,26)/b13-9+. The number of anilines is 1. The van der Waals surface area contributed by atoms with Gasteiger partial charge in [0.25, 0.3) is 11.8 Å². The second-order valence-electron chi connectivity index (χ2n) is 5.97. The van der Waals surface area contributed by atoms with Crippen LogP contribution in [0.3, 0.4) is 0 Å². The third kappa shape index (κ3) is 3.32. The lowest BCUT2D eigenvalue weighted by atomic mass is 10.0. The highest BCUT2D eigenvalue weighted by atomic mass is 19.1. The van der Waals surface area contributed by atoms with E-state index >= 15 is 0 Å². The lowest BCUT2D eigenvalue weighted by Gasteiger charge is -2.26. The van der Waals surface area contributed by atoms with E-state index in [2.05, 4.69) is 5.32 Å². The van der Waals surface area contributed by atoms with Crippen molar-refractivity contribution in [1.82, 2.24) is 5.32 Å². The highest BCUT2D eigenvalue weighted by Gasteiger charge is 2.38. The summed E-state index contributed by atoms with van der Waals surface area (Å²) in [5.74, 6) is -1.65. The number of hydrogen-bond donors (Lipinski definition) is 1. The number of amides is 4. The molecule has 0 radical (unpaired) electrons. The minimum Gasteiger partial charge on any atom is -0.493 e. The Balaban J connectivity index is 2.09. The topological polar surface area (TPSA) is 84.9 Å². The van der Waals surface area contributed by atoms with Crippen LogP contribution in [-0.4, -0.2) is 32.1 Å². The van der Waals surface area contributed by atoms with Crippen molar-refractivity contribution in [3.8, 4) is 11.5 Å². The van der Waals surface area contributed by atoms with Crippen LogP contribution in [-0.2, 0) is 9.59 Å². The maximum atomic E-state index is 14.1. The van der Waals surface area contributed by atoms with E-state index in [9.17, 15) is 18.8 Å². The molecule has 3 rings (SSSR count). The molecule has 1 saturated heterocycles. The van der Waals surface area contributed by atoms with E-state index < -0.39 is 23.7 Å². The molecule has 28 heavy (non-hydrogen) atoms. The van der Waals surface area contributed by atoms with Gasteiger partial charge in [-0.05, 0) is 48.4 Å². The van der Waals surface area contributed by atoms with Crippen LogP contribution in [0.1, 0.15) is 11.1 Å². The van der Waals surface area contributed by atoms with Gasteiger partial charge in [-0.2, -0.15) is 0 Å². The van der Waals surface area contributed by atoms with Gasteiger partial charge in [0, 0.05) is 0 Å². The Morgan fingerprint density at radius 3 is 2.32 bits per heavy atom. The Morgan fingerprint density at radius 1 is 1.04 bits per heavy atom. The van der Waals surface area contributed by atoms with E-state index in [1.807, 2.05) is 0 Å². The number of barbiturate groups is 1. The zero-order valence-corrected chi connectivity index (χ0v) is 15.4. The molecule has 0 bridgehead atoms.